The predicted molar refractivity (Wildman–Crippen MR) is 86.5 cm³/mol. The molecule has 0 radical (unpaired) electrons. The number of aromatic nitrogens is 4. The second-order valence-corrected chi connectivity index (χ2v) is 5.49. The molecule has 7 heteroatoms. The molecular weight excluding hydrogens is 306 g/mol. The van der Waals surface area contributed by atoms with Crippen molar-refractivity contribution in [3.8, 4) is 5.75 Å². The summed E-state index contributed by atoms with van der Waals surface area (Å²) in [4.78, 5) is 18.0. The number of hydrogen-bond acceptors (Lipinski definition) is 5. The molecule has 0 saturated heterocycles. The third-order valence-corrected chi connectivity index (χ3v) is 3.75. The summed E-state index contributed by atoms with van der Waals surface area (Å²) in [5, 5.41) is 8.30. The van der Waals surface area contributed by atoms with Crippen LogP contribution in [0, 0.1) is 0 Å². The molecule has 0 N–H and O–H groups in total. The largest absolute Gasteiger partial charge is 0.480 e. The van der Waals surface area contributed by atoms with Gasteiger partial charge in [0.25, 0.3) is 5.91 Å². The van der Waals surface area contributed by atoms with Crippen LogP contribution in [0.25, 0.3) is 0 Å². The van der Waals surface area contributed by atoms with Crippen LogP contribution in [0.15, 0.2) is 54.9 Å². The molecule has 1 aliphatic rings. The summed E-state index contributed by atoms with van der Waals surface area (Å²) >= 11 is 0. The maximum absolute atomic E-state index is 12.2. The smallest absolute Gasteiger partial charge is 0.266 e. The van der Waals surface area contributed by atoms with E-state index >= 15 is 0 Å². The first-order chi connectivity index (χ1) is 11.8. The third kappa shape index (κ3) is 2.83. The highest BCUT2D eigenvalue weighted by Gasteiger charge is 2.27. The Balaban J connectivity index is 1.53. The number of carbonyl (C=O) groups excluding carboxylic acids is 1. The number of pyridine rings is 1. The van der Waals surface area contributed by atoms with E-state index in [9.17, 15) is 4.79 Å². The Labute approximate surface area is 138 Å². The fraction of sp³-hybridized carbons (Fsp3) is 0.176. The summed E-state index contributed by atoms with van der Waals surface area (Å²) in [7, 11) is 0. The fourth-order valence-electron chi connectivity index (χ4n) is 2.62. The third-order valence-electron chi connectivity index (χ3n) is 3.75. The van der Waals surface area contributed by atoms with Gasteiger partial charge in [0.05, 0.1) is 19.3 Å². The van der Waals surface area contributed by atoms with E-state index in [1.54, 1.807) is 27.9 Å². The number of anilines is 1. The lowest BCUT2D eigenvalue weighted by Crippen LogP contribution is -2.39. The number of amides is 1. The van der Waals surface area contributed by atoms with E-state index in [4.69, 9.17) is 4.74 Å². The summed E-state index contributed by atoms with van der Waals surface area (Å²) < 4.78 is 7.15. The summed E-state index contributed by atoms with van der Waals surface area (Å²) in [6, 6.07) is 13.6. The van der Waals surface area contributed by atoms with Crippen LogP contribution in [0.5, 0.6) is 5.75 Å². The van der Waals surface area contributed by atoms with Crippen LogP contribution in [0.1, 0.15) is 11.3 Å². The highest BCUT2D eigenvalue weighted by Crippen LogP contribution is 2.29. The molecule has 1 amide bonds. The van der Waals surface area contributed by atoms with E-state index in [2.05, 4.69) is 15.3 Å². The molecule has 0 bridgehead atoms. The van der Waals surface area contributed by atoms with Gasteiger partial charge < -0.3 is 4.74 Å². The van der Waals surface area contributed by atoms with Crippen LogP contribution in [0.3, 0.4) is 0 Å². The summed E-state index contributed by atoms with van der Waals surface area (Å²) in [5.41, 5.74) is 1.85. The molecule has 1 aromatic carbocycles. The average Bonchev–Trinajstić information content (AvgIpc) is 3.05. The van der Waals surface area contributed by atoms with Crippen molar-refractivity contribution in [2.45, 2.75) is 13.1 Å². The molecule has 4 rings (SSSR count). The first-order valence-electron chi connectivity index (χ1n) is 7.61. The highest BCUT2D eigenvalue weighted by molar-refractivity contribution is 5.96. The molecule has 0 saturated carbocycles. The van der Waals surface area contributed by atoms with E-state index in [-0.39, 0.29) is 12.5 Å². The van der Waals surface area contributed by atoms with Crippen LogP contribution in [0.4, 0.5) is 5.82 Å². The number of rotatable bonds is 4. The van der Waals surface area contributed by atoms with Gasteiger partial charge in [-0.25, -0.2) is 9.67 Å². The molecule has 0 fully saturated rings. The number of fused-ring (bicyclic) bond motifs is 1. The lowest BCUT2D eigenvalue weighted by atomic mass is 10.2. The number of nitrogens with zero attached hydrogens (tertiary/aromatic N) is 5. The monoisotopic (exact) mass is 321 g/mol. The first kappa shape index (κ1) is 14.4. The predicted octanol–water partition coefficient (Wildman–Crippen LogP) is 1.65. The van der Waals surface area contributed by atoms with Gasteiger partial charge in [-0.3, -0.25) is 9.69 Å². The van der Waals surface area contributed by atoms with Crippen molar-refractivity contribution in [2.75, 3.05) is 11.5 Å². The number of ether oxygens (including phenoxy) is 1. The van der Waals surface area contributed by atoms with Gasteiger partial charge >= 0.3 is 0 Å². The first-order valence-corrected chi connectivity index (χ1v) is 7.61. The van der Waals surface area contributed by atoms with Crippen molar-refractivity contribution in [2.24, 2.45) is 0 Å². The molecule has 2 aromatic heterocycles. The van der Waals surface area contributed by atoms with Gasteiger partial charge in [-0.05, 0) is 17.7 Å². The molecule has 7 nitrogen and oxygen atoms in total. The maximum Gasteiger partial charge on any atom is 0.266 e. The Kier molecular flexibility index (Phi) is 3.66. The van der Waals surface area contributed by atoms with Crippen molar-refractivity contribution in [1.82, 2.24) is 20.0 Å². The zero-order chi connectivity index (χ0) is 16.4. The highest BCUT2D eigenvalue weighted by atomic mass is 16.5. The molecule has 1 aliphatic heterocycles. The Bertz CT molecular complexity index is 862. The normalized spacial score (nSPS) is 13.5. The van der Waals surface area contributed by atoms with Crippen LogP contribution >= 0.6 is 0 Å². The number of carbonyl (C=O) groups is 1. The molecule has 0 aliphatic carbocycles. The second-order valence-electron chi connectivity index (χ2n) is 5.49. The van der Waals surface area contributed by atoms with E-state index in [0.29, 0.717) is 30.4 Å². The summed E-state index contributed by atoms with van der Waals surface area (Å²) in [5.74, 6) is 0.985. The summed E-state index contributed by atoms with van der Waals surface area (Å²) in [6.07, 6.45) is 3.48. The molecule has 0 spiro atoms. The minimum absolute atomic E-state index is 0.0108. The molecular formula is C17H15N5O2. The minimum atomic E-state index is -0.140. The topological polar surface area (TPSA) is 73.1 Å². The molecule has 3 aromatic rings. The van der Waals surface area contributed by atoms with Crippen molar-refractivity contribution < 1.29 is 9.53 Å². The van der Waals surface area contributed by atoms with Crippen molar-refractivity contribution in [3.63, 3.8) is 0 Å². The van der Waals surface area contributed by atoms with E-state index in [0.717, 1.165) is 5.56 Å². The Hall–Kier alpha value is -3.22. The van der Waals surface area contributed by atoms with Gasteiger partial charge in [0.1, 0.15) is 5.69 Å². The minimum Gasteiger partial charge on any atom is -0.480 e. The van der Waals surface area contributed by atoms with E-state index in [1.165, 1.54) is 0 Å². The molecule has 120 valence electrons. The Morgan fingerprint density at radius 2 is 1.96 bits per heavy atom. The van der Waals surface area contributed by atoms with Gasteiger partial charge in [-0.15, -0.1) is 5.10 Å². The zero-order valence-electron chi connectivity index (χ0n) is 12.9. The molecule has 3 heterocycles. The van der Waals surface area contributed by atoms with Gasteiger partial charge in [0.2, 0.25) is 0 Å². The SMILES string of the molecule is O=C1COc2cccnc2N1Cc1cn(Cc2ccccc2)nn1. The molecule has 0 unspecified atom stereocenters. The lowest BCUT2D eigenvalue weighted by Gasteiger charge is -2.27. The Morgan fingerprint density at radius 3 is 2.83 bits per heavy atom. The summed E-state index contributed by atoms with van der Waals surface area (Å²) in [6.45, 7) is 0.970. The average molecular weight is 321 g/mol. The quantitative estimate of drug-likeness (QED) is 0.730. The molecule has 24 heavy (non-hydrogen) atoms. The van der Waals surface area contributed by atoms with Crippen LogP contribution < -0.4 is 9.64 Å². The lowest BCUT2D eigenvalue weighted by molar-refractivity contribution is -0.121. The van der Waals surface area contributed by atoms with Gasteiger partial charge in [-0.2, -0.15) is 0 Å². The van der Waals surface area contributed by atoms with Crippen LogP contribution in [-0.4, -0.2) is 32.5 Å². The van der Waals surface area contributed by atoms with Crippen LogP contribution in [0.2, 0.25) is 0 Å². The van der Waals surface area contributed by atoms with Crippen molar-refractivity contribution >= 4 is 11.7 Å². The van der Waals surface area contributed by atoms with Gasteiger partial charge in [0, 0.05) is 6.20 Å². The Morgan fingerprint density at radius 1 is 1.08 bits per heavy atom. The molecule has 0 atom stereocenters. The second kappa shape index (κ2) is 6.11. The van der Waals surface area contributed by atoms with Crippen LogP contribution in [-0.2, 0) is 17.9 Å². The standard InChI is InChI=1S/C17H15N5O2/c23-16-12-24-15-7-4-8-18-17(15)22(16)11-14-10-21(20-19-14)9-13-5-2-1-3-6-13/h1-8,10H,9,11-12H2. The van der Waals surface area contributed by atoms with Gasteiger partial charge in [-0.1, -0.05) is 35.5 Å². The van der Waals surface area contributed by atoms with Gasteiger partial charge in [0.15, 0.2) is 18.2 Å². The number of hydrogen-bond donors (Lipinski definition) is 0. The zero-order valence-corrected chi connectivity index (χ0v) is 12.9. The van der Waals surface area contributed by atoms with E-state index in [1.807, 2.05) is 36.5 Å². The van der Waals surface area contributed by atoms with Crippen molar-refractivity contribution in [1.29, 1.82) is 0 Å². The van der Waals surface area contributed by atoms with E-state index < -0.39 is 0 Å². The fourth-order valence-corrected chi connectivity index (χ4v) is 2.62. The maximum atomic E-state index is 12.2. The number of benzene rings is 1. The van der Waals surface area contributed by atoms with Crippen molar-refractivity contribution in [3.05, 3.63) is 66.1 Å².